The van der Waals surface area contributed by atoms with Crippen LogP contribution >= 0.6 is 0 Å². The van der Waals surface area contributed by atoms with Gasteiger partial charge >= 0.3 is 0 Å². The SMILES string of the molecule is CCCCCCCCCCC/C=C\CCCCCCCC(=O)NC(CO)C(O)C(O)CCC/C=C/CCCCCCCCCCCCCC. The second-order valence-electron chi connectivity index (χ2n) is 14.9. The summed E-state index contributed by atoms with van der Waals surface area (Å²) in [6.07, 6.45) is 47.1. The quantitative estimate of drug-likeness (QED) is 0.0381. The van der Waals surface area contributed by atoms with Gasteiger partial charge in [0, 0.05) is 6.42 Å². The maximum absolute atomic E-state index is 12.4. The maximum atomic E-state index is 12.4. The maximum Gasteiger partial charge on any atom is 0.220 e. The molecule has 0 heterocycles. The minimum Gasteiger partial charge on any atom is -0.394 e. The highest BCUT2D eigenvalue weighted by Crippen LogP contribution is 2.15. The molecule has 49 heavy (non-hydrogen) atoms. The molecule has 0 aliphatic carbocycles. The van der Waals surface area contributed by atoms with Crippen LogP contribution in [0.3, 0.4) is 0 Å². The molecule has 1 amide bonds. The first-order chi connectivity index (χ1) is 24.1. The van der Waals surface area contributed by atoms with Gasteiger partial charge in [0.25, 0.3) is 0 Å². The van der Waals surface area contributed by atoms with Gasteiger partial charge in [-0.3, -0.25) is 4.79 Å². The fraction of sp³-hybridized carbons (Fsp3) is 0.886. The highest BCUT2D eigenvalue weighted by Gasteiger charge is 2.26. The van der Waals surface area contributed by atoms with E-state index in [1.807, 2.05) is 0 Å². The highest BCUT2D eigenvalue weighted by atomic mass is 16.3. The van der Waals surface area contributed by atoms with Gasteiger partial charge in [-0.2, -0.15) is 0 Å². The number of hydrogen-bond donors (Lipinski definition) is 4. The molecule has 0 saturated carbocycles. The minimum absolute atomic E-state index is 0.162. The van der Waals surface area contributed by atoms with Crippen LogP contribution in [0, 0.1) is 0 Å². The molecule has 0 aliphatic rings. The first-order valence-corrected chi connectivity index (χ1v) is 21.6. The molecule has 0 radical (unpaired) electrons. The van der Waals surface area contributed by atoms with Gasteiger partial charge in [-0.05, 0) is 64.2 Å². The topological polar surface area (TPSA) is 89.8 Å². The predicted molar refractivity (Wildman–Crippen MR) is 213 cm³/mol. The molecule has 0 aromatic heterocycles. The van der Waals surface area contributed by atoms with Crippen molar-refractivity contribution in [3.63, 3.8) is 0 Å². The second kappa shape index (κ2) is 39.6. The molecule has 0 fully saturated rings. The Morgan fingerprint density at radius 1 is 0.490 bits per heavy atom. The zero-order valence-corrected chi connectivity index (χ0v) is 32.8. The Labute approximate surface area is 305 Å². The minimum atomic E-state index is -1.16. The van der Waals surface area contributed by atoms with Crippen molar-refractivity contribution in [3.05, 3.63) is 24.3 Å². The van der Waals surface area contributed by atoms with Gasteiger partial charge in [0.1, 0.15) is 6.10 Å². The van der Waals surface area contributed by atoms with E-state index in [2.05, 4.69) is 43.5 Å². The van der Waals surface area contributed by atoms with Crippen LogP contribution in [-0.2, 0) is 4.79 Å². The van der Waals surface area contributed by atoms with E-state index < -0.39 is 18.2 Å². The molecule has 5 heteroatoms. The Kier molecular flexibility index (Phi) is 38.7. The summed E-state index contributed by atoms with van der Waals surface area (Å²) < 4.78 is 0. The molecule has 0 aromatic carbocycles. The van der Waals surface area contributed by atoms with Gasteiger partial charge in [0.2, 0.25) is 5.91 Å². The smallest absolute Gasteiger partial charge is 0.220 e. The van der Waals surface area contributed by atoms with Gasteiger partial charge in [-0.25, -0.2) is 0 Å². The molecule has 3 atom stereocenters. The fourth-order valence-electron chi connectivity index (χ4n) is 6.63. The normalized spacial score (nSPS) is 13.8. The Morgan fingerprint density at radius 2 is 0.816 bits per heavy atom. The van der Waals surface area contributed by atoms with E-state index in [1.54, 1.807) is 0 Å². The Morgan fingerprint density at radius 3 is 1.18 bits per heavy atom. The average Bonchev–Trinajstić information content (AvgIpc) is 3.10. The molecule has 5 nitrogen and oxygen atoms in total. The van der Waals surface area contributed by atoms with Crippen molar-refractivity contribution in [2.45, 2.75) is 244 Å². The third kappa shape index (κ3) is 35.0. The molecule has 0 saturated heterocycles. The van der Waals surface area contributed by atoms with E-state index in [0.717, 1.165) is 44.9 Å². The lowest BCUT2D eigenvalue weighted by Crippen LogP contribution is -2.50. The molecule has 0 rings (SSSR count). The van der Waals surface area contributed by atoms with Crippen LogP contribution in [0.25, 0.3) is 0 Å². The number of amides is 1. The zero-order chi connectivity index (χ0) is 35.9. The third-order valence-electron chi connectivity index (χ3n) is 10.0. The van der Waals surface area contributed by atoms with Gasteiger partial charge in [0.05, 0.1) is 18.8 Å². The largest absolute Gasteiger partial charge is 0.394 e. The van der Waals surface area contributed by atoms with E-state index in [9.17, 15) is 20.1 Å². The summed E-state index contributed by atoms with van der Waals surface area (Å²) in [5.74, 6) is -0.162. The van der Waals surface area contributed by atoms with Gasteiger partial charge in [-0.1, -0.05) is 179 Å². The van der Waals surface area contributed by atoms with Crippen molar-refractivity contribution in [2.24, 2.45) is 0 Å². The summed E-state index contributed by atoms with van der Waals surface area (Å²) in [5.41, 5.74) is 0. The van der Waals surface area contributed by atoms with Crippen molar-refractivity contribution in [2.75, 3.05) is 6.61 Å². The van der Waals surface area contributed by atoms with Crippen molar-refractivity contribution >= 4 is 5.91 Å². The molecule has 0 bridgehead atoms. The van der Waals surface area contributed by atoms with Crippen LogP contribution in [0.1, 0.15) is 226 Å². The summed E-state index contributed by atoms with van der Waals surface area (Å²) in [5, 5.41) is 33.5. The van der Waals surface area contributed by atoms with Crippen molar-refractivity contribution < 1.29 is 20.1 Å². The van der Waals surface area contributed by atoms with E-state index in [4.69, 9.17) is 0 Å². The van der Waals surface area contributed by atoms with Crippen LogP contribution in [0.5, 0.6) is 0 Å². The number of allylic oxidation sites excluding steroid dienone is 4. The second-order valence-corrected chi connectivity index (χ2v) is 14.9. The number of rotatable bonds is 39. The molecule has 290 valence electrons. The predicted octanol–water partition coefficient (Wildman–Crippen LogP) is 12.2. The molecular weight excluding hydrogens is 606 g/mol. The van der Waals surface area contributed by atoms with Crippen LogP contribution in [0.4, 0.5) is 0 Å². The fourth-order valence-corrected chi connectivity index (χ4v) is 6.63. The number of aliphatic hydroxyl groups is 3. The average molecular weight is 692 g/mol. The lowest BCUT2D eigenvalue weighted by atomic mass is 10.0. The van der Waals surface area contributed by atoms with E-state index in [0.29, 0.717) is 12.8 Å². The lowest BCUT2D eigenvalue weighted by molar-refractivity contribution is -0.124. The molecular formula is C44H85NO4. The number of aliphatic hydroxyl groups excluding tert-OH is 3. The molecule has 3 unspecified atom stereocenters. The first kappa shape index (κ1) is 47.8. The highest BCUT2D eigenvalue weighted by molar-refractivity contribution is 5.76. The first-order valence-electron chi connectivity index (χ1n) is 21.6. The number of carbonyl (C=O) groups excluding carboxylic acids is 1. The van der Waals surface area contributed by atoms with E-state index in [1.165, 1.54) is 154 Å². The van der Waals surface area contributed by atoms with Gasteiger partial charge in [0.15, 0.2) is 0 Å². The summed E-state index contributed by atoms with van der Waals surface area (Å²) in [4.78, 5) is 12.4. The summed E-state index contributed by atoms with van der Waals surface area (Å²) in [7, 11) is 0. The Balaban J connectivity index is 3.68. The Bertz CT molecular complexity index is 724. The lowest BCUT2D eigenvalue weighted by Gasteiger charge is -2.26. The zero-order valence-electron chi connectivity index (χ0n) is 32.8. The van der Waals surface area contributed by atoms with Crippen molar-refractivity contribution in [1.29, 1.82) is 0 Å². The van der Waals surface area contributed by atoms with Crippen LogP contribution in [-0.4, -0.2) is 46.1 Å². The monoisotopic (exact) mass is 692 g/mol. The van der Waals surface area contributed by atoms with Crippen molar-refractivity contribution in [1.82, 2.24) is 5.32 Å². The molecule has 0 spiro atoms. The summed E-state index contributed by atoms with van der Waals surface area (Å²) >= 11 is 0. The molecule has 0 aliphatic heterocycles. The summed E-state index contributed by atoms with van der Waals surface area (Å²) in [6, 6.07) is -0.828. The standard InChI is InChI=1S/C44H85NO4/c1-3-5-7-9-11-13-15-17-19-21-23-25-27-29-31-33-35-37-39-43(48)45-41(40-46)44(49)42(47)38-36-34-32-30-28-26-24-22-20-18-16-14-12-10-8-6-4-2/h23,25,30,32,41-42,44,46-47,49H,3-22,24,26-29,31,33-40H2,1-2H3,(H,45,48)/b25-23-,32-30+. The number of unbranched alkanes of at least 4 members (excludes halogenated alkanes) is 27. The molecule has 4 N–H and O–H groups in total. The van der Waals surface area contributed by atoms with Gasteiger partial charge < -0.3 is 20.6 Å². The van der Waals surface area contributed by atoms with Gasteiger partial charge in [-0.15, -0.1) is 0 Å². The van der Waals surface area contributed by atoms with Crippen LogP contribution in [0.15, 0.2) is 24.3 Å². The van der Waals surface area contributed by atoms with E-state index >= 15 is 0 Å². The van der Waals surface area contributed by atoms with Crippen LogP contribution in [0.2, 0.25) is 0 Å². The van der Waals surface area contributed by atoms with E-state index in [-0.39, 0.29) is 12.5 Å². The van der Waals surface area contributed by atoms with Crippen LogP contribution < -0.4 is 5.32 Å². The van der Waals surface area contributed by atoms with Crippen molar-refractivity contribution in [3.8, 4) is 0 Å². The number of nitrogens with one attached hydrogen (secondary N) is 1. The third-order valence-corrected chi connectivity index (χ3v) is 10.0. The summed E-state index contributed by atoms with van der Waals surface area (Å²) in [6.45, 7) is 4.17. The number of carbonyl (C=O) groups is 1. The number of hydrogen-bond acceptors (Lipinski definition) is 4. The Hall–Kier alpha value is -1.17. The molecule has 0 aromatic rings.